The Morgan fingerprint density at radius 3 is 2.79 bits per heavy atom. The number of nitrogens with zero attached hydrogens (tertiary/aromatic N) is 3. The highest BCUT2D eigenvalue weighted by molar-refractivity contribution is 6.30. The van der Waals surface area contributed by atoms with E-state index in [-0.39, 0.29) is 22.8 Å². The van der Waals surface area contributed by atoms with Crippen molar-refractivity contribution in [3.05, 3.63) is 75.0 Å². The molecule has 6 heteroatoms. The standard InChI is InChI=1S/C22H22ClN3O2/c1-13(2)11-18-24-21-19(20(27)16-9-4-5-10-17(16)25(21)3)22(28)26(18)15-8-6-7-14(23)12-15/h4-8,10,12-13,16H,9,11H2,1-3H3. The Bertz CT molecular complexity index is 1080. The van der Waals surface area contributed by atoms with Gasteiger partial charge in [0, 0.05) is 24.2 Å². The van der Waals surface area contributed by atoms with Gasteiger partial charge >= 0.3 is 0 Å². The predicted octanol–water partition coefficient (Wildman–Crippen LogP) is 4.18. The quantitative estimate of drug-likeness (QED) is 0.782. The molecule has 1 aliphatic heterocycles. The number of hydrogen-bond acceptors (Lipinski definition) is 4. The largest absolute Gasteiger partial charge is 0.332 e. The second kappa shape index (κ2) is 7.06. The molecule has 2 aliphatic rings. The molecule has 144 valence electrons. The van der Waals surface area contributed by atoms with Crippen LogP contribution in [-0.4, -0.2) is 22.4 Å². The second-order valence-corrected chi connectivity index (χ2v) is 8.11. The molecule has 2 heterocycles. The molecule has 0 bridgehead atoms. The van der Waals surface area contributed by atoms with E-state index in [4.69, 9.17) is 16.6 Å². The highest BCUT2D eigenvalue weighted by atomic mass is 35.5. The molecule has 0 fully saturated rings. The number of allylic oxidation sites excluding steroid dienone is 4. The van der Waals surface area contributed by atoms with E-state index in [9.17, 15) is 9.59 Å². The van der Waals surface area contributed by atoms with Crippen LogP contribution in [0.2, 0.25) is 5.02 Å². The van der Waals surface area contributed by atoms with Gasteiger partial charge in [-0.05, 0) is 36.6 Å². The van der Waals surface area contributed by atoms with Crippen LogP contribution in [-0.2, 0) is 6.42 Å². The van der Waals surface area contributed by atoms with Gasteiger partial charge in [0.05, 0.1) is 11.6 Å². The Morgan fingerprint density at radius 2 is 2.07 bits per heavy atom. The first kappa shape index (κ1) is 18.7. The Kier molecular flexibility index (Phi) is 4.71. The van der Waals surface area contributed by atoms with E-state index < -0.39 is 0 Å². The van der Waals surface area contributed by atoms with Gasteiger partial charge in [0.1, 0.15) is 11.4 Å². The molecule has 1 aromatic carbocycles. The molecule has 0 spiro atoms. The van der Waals surface area contributed by atoms with Crippen molar-refractivity contribution in [2.24, 2.45) is 11.8 Å². The van der Waals surface area contributed by atoms with Crippen LogP contribution < -0.4 is 10.5 Å². The summed E-state index contributed by atoms with van der Waals surface area (Å²) in [4.78, 5) is 33.5. The average Bonchev–Trinajstić information content (AvgIpc) is 2.65. The lowest BCUT2D eigenvalue weighted by atomic mass is 9.85. The maximum atomic E-state index is 13.6. The summed E-state index contributed by atoms with van der Waals surface area (Å²) in [6, 6.07) is 7.10. The fraction of sp³-hybridized carbons (Fsp3) is 0.318. The van der Waals surface area contributed by atoms with Crippen LogP contribution in [0, 0.1) is 11.8 Å². The molecule has 0 radical (unpaired) electrons. The van der Waals surface area contributed by atoms with Crippen LogP contribution in [0.3, 0.4) is 0 Å². The Balaban J connectivity index is 2.01. The fourth-order valence-corrected chi connectivity index (χ4v) is 4.08. The van der Waals surface area contributed by atoms with Gasteiger partial charge in [-0.25, -0.2) is 4.98 Å². The van der Waals surface area contributed by atoms with Crippen molar-refractivity contribution in [1.82, 2.24) is 9.55 Å². The van der Waals surface area contributed by atoms with Crippen molar-refractivity contribution in [3.8, 4) is 5.69 Å². The zero-order valence-corrected chi connectivity index (χ0v) is 16.9. The van der Waals surface area contributed by atoms with Crippen molar-refractivity contribution in [1.29, 1.82) is 0 Å². The van der Waals surface area contributed by atoms with Crippen LogP contribution in [0.5, 0.6) is 0 Å². The van der Waals surface area contributed by atoms with E-state index in [1.54, 1.807) is 22.8 Å². The minimum atomic E-state index is -0.333. The number of aromatic nitrogens is 2. The summed E-state index contributed by atoms with van der Waals surface area (Å²) in [5.41, 5.74) is 1.35. The first-order chi connectivity index (χ1) is 13.4. The van der Waals surface area contributed by atoms with Gasteiger partial charge in [0.2, 0.25) is 0 Å². The summed E-state index contributed by atoms with van der Waals surface area (Å²) < 4.78 is 1.55. The smallest absolute Gasteiger partial charge is 0.271 e. The zero-order valence-electron chi connectivity index (χ0n) is 16.1. The molecular weight excluding hydrogens is 374 g/mol. The number of carbonyl (C=O) groups excluding carboxylic acids is 1. The molecule has 28 heavy (non-hydrogen) atoms. The van der Waals surface area contributed by atoms with Gasteiger partial charge in [-0.2, -0.15) is 0 Å². The lowest BCUT2D eigenvalue weighted by molar-refractivity contribution is 0.0931. The molecule has 1 aromatic heterocycles. The molecule has 4 rings (SSSR count). The Labute approximate surface area is 169 Å². The topological polar surface area (TPSA) is 55.2 Å². The highest BCUT2D eigenvalue weighted by Gasteiger charge is 2.39. The van der Waals surface area contributed by atoms with Crippen LogP contribution >= 0.6 is 11.6 Å². The van der Waals surface area contributed by atoms with E-state index in [2.05, 4.69) is 13.8 Å². The van der Waals surface area contributed by atoms with Crippen molar-refractivity contribution in [3.63, 3.8) is 0 Å². The summed E-state index contributed by atoms with van der Waals surface area (Å²) in [5, 5.41) is 0.531. The summed E-state index contributed by atoms with van der Waals surface area (Å²) in [6.45, 7) is 4.15. The SMILES string of the molecule is CC(C)Cc1nc2c(c(=O)n1-c1cccc(Cl)c1)C(=O)C1CC=CC=C1N2C. The third-order valence-electron chi connectivity index (χ3n) is 5.19. The molecule has 0 saturated heterocycles. The number of benzene rings is 1. The van der Waals surface area contributed by atoms with Gasteiger partial charge in [-0.15, -0.1) is 0 Å². The first-order valence-electron chi connectivity index (χ1n) is 9.45. The number of fused-ring (bicyclic) bond motifs is 2. The molecule has 5 nitrogen and oxygen atoms in total. The van der Waals surface area contributed by atoms with Crippen LogP contribution in [0.15, 0.2) is 53.0 Å². The van der Waals surface area contributed by atoms with Gasteiger partial charge in [0.15, 0.2) is 11.6 Å². The van der Waals surface area contributed by atoms with E-state index in [1.165, 1.54) is 0 Å². The van der Waals surface area contributed by atoms with Gasteiger partial charge < -0.3 is 4.90 Å². The number of carbonyl (C=O) groups is 1. The number of anilines is 1. The second-order valence-electron chi connectivity index (χ2n) is 7.68. The highest BCUT2D eigenvalue weighted by Crippen LogP contribution is 2.36. The molecule has 1 atom stereocenters. The third kappa shape index (κ3) is 3.00. The van der Waals surface area contributed by atoms with E-state index in [0.29, 0.717) is 41.1 Å². The molecule has 1 unspecified atom stereocenters. The minimum Gasteiger partial charge on any atom is -0.332 e. The minimum absolute atomic E-state index is 0.159. The lowest BCUT2D eigenvalue weighted by Gasteiger charge is -2.35. The first-order valence-corrected chi connectivity index (χ1v) is 9.82. The van der Waals surface area contributed by atoms with Gasteiger partial charge in [-0.3, -0.25) is 14.2 Å². The molecule has 0 saturated carbocycles. The van der Waals surface area contributed by atoms with E-state index in [0.717, 1.165) is 5.70 Å². The molecule has 1 aliphatic carbocycles. The Hall–Kier alpha value is -2.66. The number of halogens is 1. The fourth-order valence-electron chi connectivity index (χ4n) is 3.90. The summed E-state index contributed by atoms with van der Waals surface area (Å²) >= 11 is 6.17. The molecule has 2 aromatic rings. The monoisotopic (exact) mass is 395 g/mol. The maximum absolute atomic E-state index is 13.6. The maximum Gasteiger partial charge on any atom is 0.271 e. The lowest BCUT2D eigenvalue weighted by Crippen LogP contribution is -2.42. The van der Waals surface area contributed by atoms with Crippen LogP contribution in [0.1, 0.15) is 36.5 Å². The van der Waals surface area contributed by atoms with Crippen LogP contribution in [0.4, 0.5) is 5.82 Å². The average molecular weight is 396 g/mol. The summed E-state index contributed by atoms with van der Waals surface area (Å²) in [7, 11) is 1.87. The molecular formula is C22H22ClN3O2. The van der Waals surface area contributed by atoms with Gasteiger partial charge in [0.25, 0.3) is 5.56 Å². The summed E-state index contributed by atoms with van der Waals surface area (Å²) in [5.74, 6) is 0.881. The predicted molar refractivity (Wildman–Crippen MR) is 111 cm³/mol. The van der Waals surface area contributed by atoms with Crippen molar-refractivity contribution < 1.29 is 4.79 Å². The summed E-state index contributed by atoms with van der Waals surface area (Å²) in [6.07, 6.45) is 7.04. The molecule has 0 amide bonds. The van der Waals surface area contributed by atoms with Crippen molar-refractivity contribution in [2.45, 2.75) is 26.7 Å². The normalized spacial score (nSPS) is 18.2. The van der Waals surface area contributed by atoms with Gasteiger partial charge in [-0.1, -0.05) is 43.7 Å². The number of Topliss-reactive ketones (excluding diaryl/α,β-unsaturated/α-hetero) is 1. The van der Waals surface area contributed by atoms with Crippen LogP contribution in [0.25, 0.3) is 5.69 Å². The number of ketones is 1. The van der Waals surface area contributed by atoms with Crippen molar-refractivity contribution >= 4 is 23.2 Å². The number of rotatable bonds is 3. The zero-order chi connectivity index (χ0) is 20.0. The van der Waals surface area contributed by atoms with E-state index in [1.807, 2.05) is 36.2 Å². The third-order valence-corrected chi connectivity index (χ3v) is 5.43. The Morgan fingerprint density at radius 1 is 1.29 bits per heavy atom. The molecule has 0 N–H and O–H groups in total. The van der Waals surface area contributed by atoms with E-state index >= 15 is 0 Å². The van der Waals surface area contributed by atoms with Crippen molar-refractivity contribution in [2.75, 3.05) is 11.9 Å². The number of hydrogen-bond donors (Lipinski definition) is 0.